The first-order valence-electron chi connectivity index (χ1n) is 4.25. The van der Waals surface area contributed by atoms with Gasteiger partial charge >= 0.3 is 5.97 Å². The number of hydrogen-bond donors (Lipinski definition) is 2. The predicted octanol–water partition coefficient (Wildman–Crippen LogP) is 3.01. The summed E-state index contributed by atoms with van der Waals surface area (Å²) >= 11 is 3.28. The van der Waals surface area contributed by atoms with Gasteiger partial charge < -0.3 is 10.2 Å². The molecule has 76 valence electrons. The first-order valence-corrected chi connectivity index (χ1v) is 5.04. The molecule has 0 amide bonds. The number of phenols is 1. The van der Waals surface area contributed by atoms with Crippen molar-refractivity contribution in [3.05, 3.63) is 40.4 Å². The number of halogens is 1. The minimum atomic E-state index is -1.01. The zero-order valence-corrected chi connectivity index (χ0v) is 9.15. The van der Waals surface area contributed by atoms with Crippen molar-refractivity contribution >= 4 is 32.7 Å². The third kappa shape index (κ3) is 1.57. The highest BCUT2D eigenvalue weighted by Crippen LogP contribution is 2.32. The van der Waals surface area contributed by atoms with Crippen LogP contribution in [0.2, 0.25) is 0 Å². The first-order chi connectivity index (χ1) is 7.11. The molecule has 2 rings (SSSR count). The van der Waals surface area contributed by atoms with E-state index in [4.69, 9.17) is 5.11 Å². The minimum absolute atomic E-state index is 0.0799. The second kappa shape index (κ2) is 3.55. The molecule has 2 aromatic carbocycles. The van der Waals surface area contributed by atoms with Crippen LogP contribution in [-0.2, 0) is 0 Å². The molecule has 0 heterocycles. The van der Waals surface area contributed by atoms with Gasteiger partial charge in [-0.3, -0.25) is 0 Å². The highest BCUT2D eigenvalue weighted by Gasteiger charge is 2.12. The Morgan fingerprint density at radius 3 is 2.60 bits per heavy atom. The summed E-state index contributed by atoms with van der Waals surface area (Å²) in [5.41, 5.74) is 0.176. The van der Waals surface area contributed by atoms with Crippen LogP contribution in [0, 0.1) is 0 Å². The maximum Gasteiger partial charge on any atom is 0.336 e. The lowest BCUT2D eigenvalue weighted by atomic mass is 10.0. The molecule has 0 atom stereocenters. The molecule has 0 saturated carbocycles. The van der Waals surface area contributed by atoms with Crippen molar-refractivity contribution in [3.63, 3.8) is 0 Å². The van der Waals surface area contributed by atoms with Gasteiger partial charge in [0.2, 0.25) is 0 Å². The van der Waals surface area contributed by atoms with Gasteiger partial charge in [-0.1, -0.05) is 28.1 Å². The third-order valence-corrected chi connectivity index (χ3v) is 2.86. The number of benzene rings is 2. The van der Waals surface area contributed by atoms with E-state index in [9.17, 15) is 9.90 Å². The maximum atomic E-state index is 11.0. The van der Waals surface area contributed by atoms with E-state index in [1.165, 1.54) is 12.1 Å². The molecule has 0 aliphatic rings. The molecule has 4 heteroatoms. The number of carboxylic acid groups (broad SMARTS) is 1. The fourth-order valence-corrected chi connectivity index (χ4v) is 2.10. The van der Waals surface area contributed by atoms with E-state index in [0.29, 0.717) is 15.2 Å². The van der Waals surface area contributed by atoms with E-state index < -0.39 is 5.97 Å². The Kier molecular flexibility index (Phi) is 2.36. The smallest absolute Gasteiger partial charge is 0.336 e. The highest BCUT2D eigenvalue weighted by atomic mass is 79.9. The summed E-state index contributed by atoms with van der Waals surface area (Å²) in [7, 11) is 0. The molecule has 0 saturated heterocycles. The number of carboxylic acids is 1. The van der Waals surface area contributed by atoms with Gasteiger partial charge in [0.05, 0.1) is 5.56 Å². The van der Waals surface area contributed by atoms with Crippen LogP contribution in [0.5, 0.6) is 5.75 Å². The van der Waals surface area contributed by atoms with E-state index in [2.05, 4.69) is 15.9 Å². The number of aromatic hydroxyl groups is 1. The summed E-state index contributed by atoms with van der Waals surface area (Å²) in [6.07, 6.45) is 0. The van der Waals surface area contributed by atoms with Gasteiger partial charge in [0.15, 0.2) is 0 Å². The summed E-state index contributed by atoms with van der Waals surface area (Å²) in [6.45, 7) is 0. The molecule has 15 heavy (non-hydrogen) atoms. The van der Waals surface area contributed by atoms with E-state index in [1.54, 1.807) is 18.2 Å². The van der Waals surface area contributed by atoms with Crippen LogP contribution < -0.4 is 0 Å². The van der Waals surface area contributed by atoms with E-state index in [0.717, 1.165) is 0 Å². The van der Waals surface area contributed by atoms with Gasteiger partial charge in [0, 0.05) is 15.2 Å². The van der Waals surface area contributed by atoms with Crippen molar-refractivity contribution in [1.29, 1.82) is 0 Å². The molecule has 0 aliphatic carbocycles. The second-order valence-corrected chi connectivity index (χ2v) is 3.95. The van der Waals surface area contributed by atoms with Crippen molar-refractivity contribution in [2.45, 2.75) is 0 Å². The lowest BCUT2D eigenvalue weighted by Crippen LogP contribution is -1.97. The van der Waals surface area contributed by atoms with Crippen molar-refractivity contribution in [1.82, 2.24) is 0 Å². The molecule has 2 aromatic rings. The van der Waals surface area contributed by atoms with Gasteiger partial charge in [-0.25, -0.2) is 4.79 Å². The van der Waals surface area contributed by atoms with Crippen LogP contribution in [0.25, 0.3) is 10.8 Å². The van der Waals surface area contributed by atoms with Gasteiger partial charge in [0.1, 0.15) is 5.75 Å². The van der Waals surface area contributed by atoms with Crippen LogP contribution in [0.15, 0.2) is 34.8 Å². The van der Waals surface area contributed by atoms with Crippen molar-refractivity contribution in [2.75, 3.05) is 0 Å². The molecule has 0 aromatic heterocycles. The van der Waals surface area contributed by atoms with Gasteiger partial charge in [-0.15, -0.1) is 0 Å². The second-order valence-electron chi connectivity index (χ2n) is 3.10. The van der Waals surface area contributed by atoms with Crippen LogP contribution in [-0.4, -0.2) is 16.2 Å². The van der Waals surface area contributed by atoms with Gasteiger partial charge in [-0.05, 0) is 18.2 Å². The third-order valence-electron chi connectivity index (χ3n) is 2.20. The number of fused-ring (bicyclic) bond motifs is 1. The standard InChI is InChI=1S/C11H7BrO3/c12-8-3-1-2-6-9(13)5-4-7(10(6)8)11(14)15/h1-5,13H,(H,14,15). The lowest BCUT2D eigenvalue weighted by Gasteiger charge is -2.06. The monoisotopic (exact) mass is 266 g/mol. The molecule has 0 unspecified atom stereocenters. The number of aromatic carboxylic acids is 1. The van der Waals surface area contributed by atoms with Crippen LogP contribution in [0.3, 0.4) is 0 Å². The summed E-state index contributed by atoms with van der Waals surface area (Å²) in [5.74, 6) is -0.928. The molecule has 0 bridgehead atoms. The average molecular weight is 267 g/mol. The molecule has 0 aliphatic heterocycles. The first kappa shape index (κ1) is 9.98. The summed E-state index contributed by atoms with van der Waals surface area (Å²) in [4.78, 5) is 11.0. The zero-order valence-electron chi connectivity index (χ0n) is 7.57. The Bertz CT molecular complexity index is 549. The normalized spacial score (nSPS) is 10.5. The van der Waals surface area contributed by atoms with Gasteiger partial charge in [-0.2, -0.15) is 0 Å². The fraction of sp³-hybridized carbons (Fsp3) is 0. The average Bonchev–Trinajstić information content (AvgIpc) is 2.19. The summed E-state index contributed by atoms with van der Waals surface area (Å²) < 4.78 is 0.660. The predicted molar refractivity (Wildman–Crippen MR) is 60.3 cm³/mol. The molecule has 0 fully saturated rings. The van der Waals surface area contributed by atoms with Crippen molar-refractivity contribution in [2.24, 2.45) is 0 Å². The van der Waals surface area contributed by atoms with Crippen LogP contribution in [0.4, 0.5) is 0 Å². The Morgan fingerprint density at radius 2 is 1.93 bits per heavy atom. The molecule has 3 nitrogen and oxygen atoms in total. The Morgan fingerprint density at radius 1 is 1.20 bits per heavy atom. The molecule has 2 N–H and O–H groups in total. The molecular weight excluding hydrogens is 260 g/mol. The molecular formula is C11H7BrO3. The van der Waals surface area contributed by atoms with Crippen molar-refractivity contribution in [3.8, 4) is 5.75 Å². The van der Waals surface area contributed by atoms with E-state index >= 15 is 0 Å². The topological polar surface area (TPSA) is 57.5 Å². The minimum Gasteiger partial charge on any atom is -0.507 e. The zero-order chi connectivity index (χ0) is 11.0. The van der Waals surface area contributed by atoms with E-state index in [-0.39, 0.29) is 11.3 Å². The molecule has 0 spiro atoms. The summed E-state index contributed by atoms with van der Waals surface area (Å²) in [6, 6.07) is 7.96. The van der Waals surface area contributed by atoms with Crippen LogP contribution >= 0.6 is 15.9 Å². The van der Waals surface area contributed by atoms with E-state index in [1.807, 2.05) is 0 Å². The van der Waals surface area contributed by atoms with Crippen LogP contribution in [0.1, 0.15) is 10.4 Å². The SMILES string of the molecule is O=C(O)c1ccc(O)c2cccc(Br)c12. The Hall–Kier alpha value is -1.55. The highest BCUT2D eigenvalue weighted by molar-refractivity contribution is 9.10. The number of carbonyl (C=O) groups is 1. The number of rotatable bonds is 1. The quantitative estimate of drug-likeness (QED) is 0.834. The van der Waals surface area contributed by atoms with Crippen molar-refractivity contribution < 1.29 is 15.0 Å². The number of phenolic OH excluding ortho intramolecular Hbond substituents is 1. The lowest BCUT2D eigenvalue weighted by molar-refractivity contribution is 0.0699. The Labute approximate surface area is 94.1 Å². The fourth-order valence-electron chi connectivity index (χ4n) is 1.52. The van der Waals surface area contributed by atoms with Gasteiger partial charge in [0.25, 0.3) is 0 Å². The molecule has 0 radical (unpaired) electrons. The number of hydrogen-bond acceptors (Lipinski definition) is 2. The Balaban J connectivity index is 2.96. The largest absolute Gasteiger partial charge is 0.507 e. The maximum absolute atomic E-state index is 11.0. The summed E-state index contributed by atoms with van der Waals surface area (Å²) in [5, 5.41) is 19.6.